The molecule has 1 heterocycles. The average molecular weight is 422 g/mol. The number of aliphatic hydroxyl groups excluding tert-OH is 1. The third-order valence-electron chi connectivity index (χ3n) is 5.64. The van der Waals surface area contributed by atoms with Crippen LogP contribution in [0.3, 0.4) is 0 Å². The fourth-order valence-corrected chi connectivity index (χ4v) is 6.01. The lowest BCUT2D eigenvalue weighted by atomic mass is 9.89. The minimum atomic E-state index is -1.30. The highest BCUT2D eigenvalue weighted by Gasteiger charge is 2.32. The summed E-state index contributed by atoms with van der Waals surface area (Å²) < 4.78 is 5.18. The van der Waals surface area contributed by atoms with Crippen LogP contribution in [0.1, 0.15) is 29.0 Å². The van der Waals surface area contributed by atoms with Crippen molar-refractivity contribution in [2.75, 3.05) is 18.6 Å². The Morgan fingerprint density at radius 2 is 1.93 bits per heavy atom. The van der Waals surface area contributed by atoms with Gasteiger partial charge in [0, 0.05) is 32.8 Å². The van der Waals surface area contributed by atoms with Crippen molar-refractivity contribution in [3.63, 3.8) is 0 Å². The van der Waals surface area contributed by atoms with Gasteiger partial charge in [-0.15, -0.1) is 0 Å². The van der Waals surface area contributed by atoms with E-state index < -0.39 is 14.2 Å². The fourth-order valence-electron chi connectivity index (χ4n) is 4.41. The van der Waals surface area contributed by atoms with Crippen molar-refractivity contribution in [3.8, 4) is 0 Å². The van der Waals surface area contributed by atoms with E-state index >= 15 is 0 Å². The molecule has 3 rings (SSSR count). The lowest BCUT2D eigenvalue weighted by Crippen LogP contribution is -2.26. The molecule has 0 saturated heterocycles. The Morgan fingerprint density at radius 3 is 2.60 bits per heavy atom. The third kappa shape index (κ3) is 5.64. The van der Waals surface area contributed by atoms with Gasteiger partial charge in [0.2, 0.25) is 0 Å². The van der Waals surface area contributed by atoms with Gasteiger partial charge in [-0.25, -0.2) is 0 Å². The van der Waals surface area contributed by atoms with E-state index in [4.69, 9.17) is 4.74 Å². The molecule has 1 aliphatic rings. The molecule has 0 aliphatic carbocycles. The first-order chi connectivity index (χ1) is 14.3. The monoisotopic (exact) mass is 421 g/mol. The Kier molecular flexibility index (Phi) is 7.22. The zero-order valence-electron chi connectivity index (χ0n) is 18.8. The van der Waals surface area contributed by atoms with Crippen molar-refractivity contribution in [1.29, 1.82) is 0 Å². The topological polar surface area (TPSA) is 32.7 Å². The smallest absolute Gasteiger partial charge is 0.0830 e. The van der Waals surface area contributed by atoms with Crippen LogP contribution in [0.4, 0.5) is 5.69 Å². The van der Waals surface area contributed by atoms with Gasteiger partial charge in [-0.3, -0.25) is 0 Å². The summed E-state index contributed by atoms with van der Waals surface area (Å²) in [6.45, 7) is 13.0. The van der Waals surface area contributed by atoms with Crippen molar-refractivity contribution in [1.82, 2.24) is 0 Å². The summed E-state index contributed by atoms with van der Waals surface area (Å²) in [5.41, 5.74) is 6.01. The summed E-state index contributed by atoms with van der Waals surface area (Å²) in [6.07, 6.45) is 4.00. The number of methoxy groups -OCH3 is 1. The summed E-state index contributed by atoms with van der Waals surface area (Å²) in [5.74, 6) is 0.259. The Labute approximate surface area is 182 Å². The van der Waals surface area contributed by atoms with Gasteiger partial charge in [-0.1, -0.05) is 74.3 Å². The highest BCUT2D eigenvalue weighted by molar-refractivity contribution is 6.76. The van der Waals surface area contributed by atoms with E-state index in [0.29, 0.717) is 6.42 Å². The largest absolute Gasteiger partial charge is 0.504 e. The number of ether oxygens (including phenoxy) is 1. The molecule has 0 bridgehead atoms. The maximum atomic E-state index is 11.0. The number of hydrogen-bond acceptors (Lipinski definition) is 3. The molecule has 0 fully saturated rings. The molecule has 2 aromatic carbocycles. The van der Waals surface area contributed by atoms with Crippen LogP contribution >= 0.6 is 0 Å². The Morgan fingerprint density at radius 1 is 1.20 bits per heavy atom. The van der Waals surface area contributed by atoms with E-state index in [1.807, 2.05) is 6.08 Å². The van der Waals surface area contributed by atoms with Crippen LogP contribution in [-0.4, -0.2) is 32.9 Å². The Balaban J connectivity index is 1.87. The predicted molar refractivity (Wildman–Crippen MR) is 131 cm³/mol. The first-order valence-electron chi connectivity index (χ1n) is 10.8. The van der Waals surface area contributed by atoms with Gasteiger partial charge in [-0.05, 0) is 41.3 Å². The van der Waals surface area contributed by atoms with Crippen molar-refractivity contribution < 1.29 is 9.84 Å². The van der Waals surface area contributed by atoms with Crippen LogP contribution in [-0.2, 0) is 11.3 Å². The van der Waals surface area contributed by atoms with Gasteiger partial charge in [0.15, 0.2) is 0 Å². The highest BCUT2D eigenvalue weighted by Crippen LogP contribution is 2.43. The normalized spacial score (nSPS) is 17.2. The zero-order valence-corrected chi connectivity index (χ0v) is 19.8. The molecule has 2 aromatic rings. The van der Waals surface area contributed by atoms with Crippen LogP contribution < -0.4 is 4.90 Å². The number of benzene rings is 2. The van der Waals surface area contributed by atoms with E-state index in [-0.39, 0.29) is 5.92 Å². The number of anilines is 1. The van der Waals surface area contributed by atoms with Gasteiger partial charge in [0.05, 0.1) is 19.5 Å². The van der Waals surface area contributed by atoms with Gasteiger partial charge in [0.1, 0.15) is 0 Å². The minimum absolute atomic E-state index is 0.259. The molecule has 4 heteroatoms. The molecule has 2 atom stereocenters. The number of rotatable bonds is 9. The second kappa shape index (κ2) is 9.67. The van der Waals surface area contributed by atoms with Gasteiger partial charge in [0.25, 0.3) is 0 Å². The second-order valence-electron chi connectivity index (χ2n) is 9.53. The molecule has 0 unspecified atom stereocenters. The van der Waals surface area contributed by atoms with E-state index in [2.05, 4.69) is 79.7 Å². The number of hydrogen-bond donors (Lipinski definition) is 1. The van der Waals surface area contributed by atoms with E-state index in [1.165, 1.54) is 16.8 Å². The molecular formula is C26H35NO2Si. The average Bonchev–Trinajstić information content (AvgIpc) is 3.03. The van der Waals surface area contributed by atoms with E-state index in [1.54, 1.807) is 13.4 Å². The SMILES string of the molecule is C=C(C[Si](C)(C)C)[C@@H](O)C[C@H]1CN(Cc2ccccc2)c2cccc(/C=C\OC)c21. The summed E-state index contributed by atoms with van der Waals surface area (Å²) in [6, 6.07) is 18.0. The molecule has 0 spiro atoms. The van der Waals surface area contributed by atoms with Gasteiger partial charge in [-0.2, -0.15) is 0 Å². The molecule has 0 saturated carbocycles. The molecule has 0 aromatic heterocycles. The zero-order chi connectivity index (χ0) is 21.7. The van der Waals surface area contributed by atoms with Crippen LogP contribution in [0, 0.1) is 0 Å². The van der Waals surface area contributed by atoms with Crippen molar-refractivity contribution in [3.05, 3.63) is 83.6 Å². The predicted octanol–water partition coefficient (Wildman–Crippen LogP) is 6.05. The van der Waals surface area contributed by atoms with E-state index in [0.717, 1.165) is 30.3 Å². The molecule has 3 nitrogen and oxygen atoms in total. The second-order valence-corrected chi connectivity index (χ2v) is 15.0. The molecule has 0 radical (unpaired) electrons. The lowest BCUT2D eigenvalue weighted by molar-refractivity contribution is 0.192. The molecule has 160 valence electrons. The Hall–Kier alpha value is -2.30. The summed E-state index contributed by atoms with van der Waals surface area (Å²) in [5, 5.41) is 11.0. The molecular weight excluding hydrogens is 386 g/mol. The molecule has 1 aliphatic heterocycles. The van der Waals surface area contributed by atoms with Crippen LogP contribution in [0.2, 0.25) is 25.7 Å². The van der Waals surface area contributed by atoms with Crippen molar-refractivity contribution in [2.45, 2.75) is 50.7 Å². The first kappa shape index (κ1) is 22.4. The standard InChI is InChI=1S/C26H35NO2Si/c1-20(19-30(3,4)5)25(28)16-23-18-27(17-21-10-7-6-8-11-21)24-13-9-12-22(26(23)24)14-15-29-2/h6-15,23,25,28H,1,16-19H2,2-5H3/b15-14-/t23-,25-/m0/s1. The lowest BCUT2D eigenvalue weighted by Gasteiger charge is -2.24. The van der Waals surface area contributed by atoms with Gasteiger partial charge >= 0.3 is 0 Å². The number of aliphatic hydroxyl groups is 1. The maximum Gasteiger partial charge on any atom is 0.0830 e. The van der Waals surface area contributed by atoms with Crippen molar-refractivity contribution >= 4 is 19.8 Å². The molecule has 0 amide bonds. The molecule has 1 N–H and O–H groups in total. The minimum Gasteiger partial charge on any atom is -0.504 e. The van der Waals surface area contributed by atoms with Crippen LogP contribution in [0.5, 0.6) is 0 Å². The summed E-state index contributed by atoms with van der Waals surface area (Å²) >= 11 is 0. The fraction of sp³-hybridized carbons (Fsp3) is 0.385. The van der Waals surface area contributed by atoms with Gasteiger partial charge < -0.3 is 14.7 Å². The first-order valence-corrected chi connectivity index (χ1v) is 14.5. The Bertz CT molecular complexity index is 886. The number of fused-ring (bicyclic) bond motifs is 1. The van der Waals surface area contributed by atoms with Crippen LogP contribution in [0.25, 0.3) is 6.08 Å². The highest BCUT2D eigenvalue weighted by atomic mass is 28.3. The summed E-state index contributed by atoms with van der Waals surface area (Å²) in [7, 11) is 0.368. The molecule has 30 heavy (non-hydrogen) atoms. The van der Waals surface area contributed by atoms with E-state index in [9.17, 15) is 5.11 Å². The van der Waals surface area contributed by atoms with Crippen molar-refractivity contribution in [2.24, 2.45) is 0 Å². The summed E-state index contributed by atoms with van der Waals surface area (Å²) in [4.78, 5) is 2.44. The number of nitrogens with zero attached hydrogens (tertiary/aromatic N) is 1. The quantitative estimate of drug-likeness (QED) is 0.304. The third-order valence-corrected chi connectivity index (χ3v) is 7.16. The maximum absolute atomic E-state index is 11.0. The van der Waals surface area contributed by atoms with Crippen LogP contribution in [0.15, 0.2) is 66.9 Å².